The van der Waals surface area contributed by atoms with Crippen LogP contribution in [0.15, 0.2) is 0 Å². The van der Waals surface area contributed by atoms with E-state index in [1.807, 2.05) is 19.9 Å². The molecule has 0 aliphatic rings. The summed E-state index contributed by atoms with van der Waals surface area (Å²) in [4.78, 5) is 12.8. The molecule has 86 valence electrons. The van der Waals surface area contributed by atoms with E-state index in [9.17, 15) is 4.79 Å². The van der Waals surface area contributed by atoms with Gasteiger partial charge in [0.25, 0.3) is 0 Å². The minimum absolute atomic E-state index is 0.0783. The summed E-state index contributed by atoms with van der Waals surface area (Å²) in [5, 5.41) is 17.5. The summed E-state index contributed by atoms with van der Waals surface area (Å²) in [5.41, 5.74) is 0. The van der Waals surface area contributed by atoms with E-state index >= 15 is 0 Å². The Morgan fingerprint density at radius 1 is 1.60 bits per heavy atom. The van der Waals surface area contributed by atoms with Crippen LogP contribution in [-0.4, -0.2) is 48.3 Å². The average molecular weight is 214 g/mol. The minimum Gasteiger partial charge on any atom is -0.480 e. The summed E-state index contributed by atoms with van der Waals surface area (Å²) in [6, 6.07) is 1.41. The molecule has 0 saturated carbocycles. The van der Waals surface area contributed by atoms with Gasteiger partial charge in [-0.3, -0.25) is 9.69 Å². The maximum absolute atomic E-state index is 11.0. The van der Waals surface area contributed by atoms with E-state index in [1.54, 1.807) is 4.90 Å². The van der Waals surface area contributed by atoms with E-state index in [4.69, 9.17) is 15.1 Å². The second kappa shape index (κ2) is 7.21. The lowest BCUT2D eigenvalue weighted by Crippen LogP contribution is -2.48. The normalized spacial score (nSPS) is 12.8. The number of carboxylic acids is 1. The molecule has 0 amide bonds. The van der Waals surface area contributed by atoms with Crippen LogP contribution in [0.2, 0.25) is 0 Å². The van der Waals surface area contributed by atoms with E-state index in [0.29, 0.717) is 13.0 Å². The zero-order valence-corrected chi connectivity index (χ0v) is 9.43. The molecule has 0 aromatic carbocycles. The second-order valence-corrected chi connectivity index (χ2v) is 3.55. The highest BCUT2D eigenvalue weighted by atomic mass is 16.5. The number of aliphatic carboxylic acids is 1. The third-order valence-electron chi connectivity index (χ3n) is 2.16. The molecule has 0 aliphatic carbocycles. The van der Waals surface area contributed by atoms with Crippen molar-refractivity contribution < 1.29 is 14.6 Å². The number of hydrogen-bond acceptors (Lipinski definition) is 4. The molecule has 0 heterocycles. The van der Waals surface area contributed by atoms with Gasteiger partial charge in [-0.1, -0.05) is 0 Å². The van der Waals surface area contributed by atoms with Gasteiger partial charge in [0, 0.05) is 26.1 Å². The first-order valence-corrected chi connectivity index (χ1v) is 4.89. The van der Waals surface area contributed by atoms with E-state index in [2.05, 4.69) is 0 Å². The molecular formula is C10H18N2O3. The van der Waals surface area contributed by atoms with Gasteiger partial charge in [0.05, 0.1) is 12.7 Å². The Hall–Kier alpha value is -1.12. The largest absolute Gasteiger partial charge is 0.480 e. The SMILES string of the molecule is COCC(C(=O)O)N(CCC#N)C(C)C. The molecule has 0 saturated heterocycles. The third-order valence-corrected chi connectivity index (χ3v) is 2.16. The molecule has 0 bridgehead atoms. The lowest BCUT2D eigenvalue weighted by Gasteiger charge is -2.31. The second-order valence-electron chi connectivity index (χ2n) is 3.55. The van der Waals surface area contributed by atoms with Crippen molar-refractivity contribution in [3.05, 3.63) is 0 Å². The lowest BCUT2D eigenvalue weighted by atomic mass is 10.2. The van der Waals surface area contributed by atoms with Gasteiger partial charge in [-0.05, 0) is 13.8 Å². The van der Waals surface area contributed by atoms with Crippen LogP contribution in [-0.2, 0) is 9.53 Å². The maximum Gasteiger partial charge on any atom is 0.323 e. The lowest BCUT2D eigenvalue weighted by molar-refractivity contribution is -0.146. The summed E-state index contributed by atoms with van der Waals surface area (Å²) >= 11 is 0. The van der Waals surface area contributed by atoms with Gasteiger partial charge in [0.2, 0.25) is 0 Å². The van der Waals surface area contributed by atoms with Crippen LogP contribution < -0.4 is 0 Å². The molecule has 0 fully saturated rings. The number of rotatable bonds is 7. The molecule has 5 nitrogen and oxygen atoms in total. The van der Waals surface area contributed by atoms with Gasteiger partial charge in [-0.2, -0.15) is 5.26 Å². The molecule has 1 N–H and O–H groups in total. The fourth-order valence-corrected chi connectivity index (χ4v) is 1.42. The van der Waals surface area contributed by atoms with Crippen LogP contribution in [0.1, 0.15) is 20.3 Å². The van der Waals surface area contributed by atoms with Gasteiger partial charge >= 0.3 is 5.97 Å². The summed E-state index contributed by atoms with van der Waals surface area (Å²) in [6.07, 6.45) is 0.325. The molecule has 1 atom stereocenters. The first-order chi connectivity index (χ1) is 7.04. The average Bonchev–Trinajstić information content (AvgIpc) is 2.16. The predicted molar refractivity (Wildman–Crippen MR) is 55.4 cm³/mol. The van der Waals surface area contributed by atoms with E-state index < -0.39 is 12.0 Å². The number of carbonyl (C=O) groups is 1. The number of carboxylic acid groups (broad SMARTS) is 1. The van der Waals surface area contributed by atoms with Crippen molar-refractivity contribution in [1.82, 2.24) is 4.90 Å². The van der Waals surface area contributed by atoms with Gasteiger partial charge in [-0.25, -0.2) is 0 Å². The monoisotopic (exact) mass is 214 g/mol. The van der Waals surface area contributed by atoms with Crippen molar-refractivity contribution in [2.45, 2.75) is 32.4 Å². The maximum atomic E-state index is 11.0. The Morgan fingerprint density at radius 2 is 2.20 bits per heavy atom. The third kappa shape index (κ3) is 4.77. The fraction of sp³-hybridized carbons (Fsp3) is 0.800. The number of hydrogen-bond donors (Lipinski definition) is 1. The van der Waals surface area contributed by atoms with E-state index in [-0.39, 0.29) is 12.6 Å². The fourth-order valence-electron chi connectivity index (χ4n) is 1.42. The number of nitriles is 1. The number of nitrogens with zero attached hydrogens (tertiary/aromatic N) is 2. The van der Waals surface area contributed by atoms with Crippen LogP contribution in [0.4, 0.5) is 0 Å². The Labute approximate surface area is 90.2 Å². The summed E-state index contributed by atoms with van der Waals surface area (Å²) in [5.74, 6) is -0.913. The molecule has 15 heavy (non-hydrogen) atoms. The van der Waals surface area contributed by atoms with Gasteiger partial charge in [-0.15, -0.1) is 0 Å². The molecule has 0 aliphatic heterocycles. The van der Waals surface area contributed by atoms with Crippen LogP contribution in [0.5, 0.6) is 0 Å². The smallest absolute Gasteiger partial charge is 0.323 e. The molecule has 0 aromatic rings. The highest BCUT2D eigenvalue weighted by molar-refractivity contribution is 5.73. The zero-order valence-electron chi connectivity index (χ0n) is 9.43. The van der Waals surface area contributed by atoms with Crippen molar-refractivity contribution in [3.63, 3.8) is 0 Å². The molecule has 0 aromatic heterocycles. The van der Waals surface area contributed by atoms with E-state index in [1.165, 1.54) is 7.11 Å². The van der Waals surface area contributed by atoms with E-state index in [0.717, 1.165) is 0 Å². The Bertz CT molecular complexity index is 235. The van der Waals surface area contributed by atoms with Crippen molar-refractivity contribution in [3.8, 4) is 6.07 Å². The molecule has 5 heteroatoms. The topological polar surface area (TPSA) is 73.6 Å². The van der Waals surface area contributed by atoms with Crippen LogP contribution in [0.25, 0.3) is 0 Å². The Balaban J connectivity index is 4.53. The molecule has 0 spiro atoms. The van der Waals surface area contributed by atoms with Crippen molar-refractivity contribution in [2.24, 2.45) is 0 Å². The molecule has 1 unspecified atom stereocenters. The molecule has 0 radical (unpaired) electrons. The minimum atomic E-state index is -0.913. The summed E-state index contributed by atoms with van der Waals surface area (Å²) in [7, 11) is 1.47. The van der Waals surface area contributed by atoms with Crippen LogP contribution in [0, 0.1) is 11.3 Å². The molecular weight excluding hydrogens is 196 g/mol. The van der Waals surface area contributed by atoms with Gasteiger partial charge in [0.15, 0.2) is 0 Å². The first-order valence-electron chi connectivity index (χ1n) is 4.89. The van der Waals surface area contributed by atoms with Crippen LogP contribution in [0.3, 0.4) is 0 Å². The number of ether oxygens (including phenoxy) is 1. The van der Waals surface area contributed by atoms with Gasteiger partial charge in [0.1, 0.15) is 6.04 Å². The van der Waals surface area contributed by atoms with Crippen molar-refractivity contribution in [1.29, 1.82) is 5.26 Å². The standard InChI is InChI=1S/C10H18N2O3/c1-8(2)12(6-4-5-11)9(7-15-3)10(13)14/h8-9H,4,6-7H2,1-3H3,(H,13,14). The Morgan fingerprint density at radius 3 is 2.53 bits per heavy atom. The van der Waals surface area contributed by atoms with Gasteiger partial charge < -0.3 is 9.84 Å². The number of methoxy groups -OCH3 is 1. The highest BCUT2D eigenvalue weighted by Gasteiger charge is 2.27. The summed E-state index contributed by atoms with van der Waals surface area (Å²) in [6.45, 7) is 4.40. The quantitative estimate of drug-likeness (QED) is 0.675. The highest BCUT2D eigenvalue weighted by Crippen LogP contribution is 2.07. The first kappa shape index (κ1) is 13.9. The Kier molecular flexibility index (Phi) is 6.67. The van der Waals surface area contributed by atoms with Crippen molar-refractivity contribution >= 4 is 5.97 Å². The van der Waals surface area contributed by atoms with Crippen molar-refractivity contribution in [2.75, 3.05) is 20.3 Å². The zero-order chi connectivity index (χ0) is 11.8. The van der Waals surface area contributed by atoms with Crippen LogP contribution >= 0.6 is 0 Å². The molecule has 0 rings (SSSR count). The predicted octanol–water partition coefficient (Wildman–Crippen LogP) is 0.710. The summed E-state index contributed by atoms with van der Waals surface area (Å²) < 4.78 is 4.87.